The van der Waals surface area contributed by atoms with Gasteiger partial charge in [0.25, 0.3) is 0 Å². The first-order valence-corrected chi connectivity index (χ1v) is 5.84. The van der Waals surface area contributed by atoms with Gasteiger partial charge in [0.1, 0.15) is 6.61 Å². The van der Waals surface area contributed by atoms with Crippen LogP contribution in [0.5, 0.6) is 5.75 Å². The summed E-state index contributed by atoms with van der Waals surface area (Å²) in [6, 6.07) is 10.4. The molecule has 1 N–H and O–H groups in total. The van der Waals surface area contributed by atoms with E-state index in [9.17, 15) is 9.18 Å². The first-order chi connectivity index (χ1) is 9.06. The minimum atomic E-state index is -1.01. The van der Waals surface area contributed by atoms with Crippen molar-refractivity contribution in [3.63, 3.8) is 0 Å². The van der Waals surface area contributed by atoms with E-state index >= 15 is 0 Å². The number of ether oxygens (including phenoxy) is 1. The average Bonchev–Trinajstić information content (AvgIpc) is 2.38. The van der Waals surface area contributed by atoms with Crippen molar-refractivity contribution in [1.29, 1.82) is 0 Å². The van der Waals surface area contributed by atoms with Gasteiger partial charge in [-0.2, -0.15) is 0 Å². The van der Waals surface area contributed by atoms with Crippen molar-refractivity contribution in [2.75, 3.05) is 0 Å². The molecule has 0 unspecified atom stereocenters. The van der Waals surface area contributed by atoms with Gasteiger partial charge in [-0.1, -0.05) is 23.7 Å². The van der Waals surface area contributed by atoms with Crippen molar-refractivity contribution in [3.05, 3.63) is 64.4 Å². The van der Waals surface area contributed by atoms with Crippen LogP contribution in [-0.2, 0) is 6.61 Å². The highest BCUT2D eigenvalue weighted by Gasteiger charge is 2.06. The molecule has 0 aliphatic rings. The maximum Gasteiger partial charge on any atom is 0.335 e. The Bertz CT molecular complexity index is 613. The summed E-state index contributed by atoms with van der Waals surface area (Å²) < 4.78 is 18.7. The maximum absolute atomic E-state index is 13.5. The van der Waals surface area contributed by atoms with Crippen molar-refractivity contribution in [2.45, 2.75) is 6.61 Å². The van der Waals surface area contributed by atoms with Gasteiger partial charge >= 0.3 is 5.97 Å². The molecule has 19 heavy (non-hydrogen) atoms. The van der Waals surface area contributed by atoms with Crippen molar-refractivity contribution in [3.8, 4) is 5.75 Å². The number of rotatable bonds is 4. The van der Waals surface area contributed by atoms with Gasteiger partial charge in [0.15, 0.2) is 11.6 Å². The Morgan fingerprint density at radius 1 is 1.26 bits per heavy atom. The minimum Gasteiger partial charge on any atom is -0.486 e. The van der Waals surface area contributed by atoms with E-state index in [1.807, 2.05) is 0 Å². The third-order valence-corrected chi connectivity index (χ3v) is 2.70. The highest BCUT2D eigenvalue weighted by Crippen LogP contribution is 2.22. The molecule has 98 valence electrons. The smallest absolute Gasteiger partial charge is 0.335 e. The Morgan fingerprint density at radius 2 is 2.05 bits per heavy atom. The minimum absolute atomic E-state index is 0.0742. The molecule has 0 atom stereocenters. The van der Waals surface area contributed by atoms with E-state index in [1.165, 1.54) is 24.3 Å². The number of carbonyl (C=O) groups is 1. The van der Waals surface area contributed by atoms with Crippen molar-refractivity contribution >= 4 is 17.6 Å². The highest BCUT2D eigenvalue weighted by molar-refractivity contribution is 6.30. The summed E-state index contributed by atoms with van der Waals surface area (Å²) in [5.74, 6) is -1.49. The molecular weight excluding hydrogens is 271 g/mol. The average molecular weight is 281 g/mol. The van der Waals surface area contributed by atoms with Crippen LogP contribution < -0.4 is 4.74 Å². The first kappa shape index (κ1) is 13.4. The lowest BCUT2D eigenvalue weighted by Crippen LogP contribution is -2.01. The number of carboxylic acid groups (broad SMARTS) is 1. The van der Waals surface area contributed by atoms with Crippen molar-refractivity contribution in [2.24, 2.45) is 0 Å². The van der Waals surface area contributed by atoms with Gasteiger partial charge in [0.05, 0.1) is 5.56 Å². The maximum atomic E-state index is 13.5. The number of hydrogen-bond donors (Lipinski definition) is 1. The molecule has 0 saturated carbocycles. The third-order valence-electron chi connectivity index (χ3n) is 2.46. The van der Waals surface area contributed by atoms with Crippen LogP contribution in [0.1, 0.15) is 15.9 Å². The number of carboxylic acids is 1. The molecule has 0 aliphatic heterocycles. The van der Waals surface area contributed by atoms with E-state index in [0.717, 1.165) is 6.07 Å². The summed E-state index contributed by atoms with van der Waals surface area (Å²) in [4.78, 5) is 10.8. The largest absolute Gasteiger partial charge is 0.486 e. The molecule has 0 amide bonds. The molecule has 0 bridgehead atoms. The van der Waals surface area contributed by atoms with Gasteiger partial charge in [-0.25, -0.2) is 9.18 Å². The number of benzene rings is 2. The molecule has 0 heterocycles. The summed E-state index contributed by atoms with van der Waals surface area (Å²) in [7, 11) is 0. The Kier molecular flexibility index (Phi) is 4.02. The Labute approximate surface area is 114 Å². The van der Waals surface area contributed by atoms with Gasteiger partial charge in [-0.05, 0) is 35.9 Å². The van der Waals surface area contributed by atoms with Crippen molar-refractivity contribution in [1.82, 2.24) is 0 Å². The Morgan fingerprint density at radius 3 is 2.74 bits per heavy atom. The summed E-state index contributed by atoms with van der Waals surface area (Å²) >= 11 is 5.63. The summed E-state index contributed by atoms with van der Waals surface area (Å²) in [6.07, 6.45) is 0. The van der Waals surface area contributed by atoms with Crippen LogP contribution in [0, 0.1) is 5.82 Å². The number of hydrogen-bond acceptors (Lipinski definition) is 2. The van der Waals surface area contributed by atoms with Gasteiger partial charge in [0, 0.05) is 5.02 Å². The molecule has 0 fully saturated rings. The zero-order valence-electron chi connectivity index (χ0n) is 9.77. The van der Waals surface area contributed by atoms with Crippen LogP contribution >= 0.6 is 11.6 Å². The van der Waals surface area contributed by atoms with Crippen LogP contribution in [0.4, 0.5) is 4.39 Å². The fourth-order valence-corrected chi connectivity index (χ4v) is 1.71. The number of halogens is 2. The van der Waals surface area contributed by atoms with Crippen LogP contribution in [0.2, 0.25) is 5.02 Å². The zero-order chi connectivity index (χ0) is 13.8. The van der Waals surface area contributed by atoms with E-state index in [4.69, 9.17) is 21.4 Å². The summed E-state index contributed by atoms with van der Waals surface area (Å²) in [5, 5.41) is 9.14. The second kappa shape index (κ2) is 5.71. The molecule has 0 aliphatic carbocycles. The van der Waals surface area contributed by atoms with E-state index in [2.05, 4.69) is 0 Å². The van der Waals surface area contributed by atoms with Gasteiger partial charge in [-0.15, -0.1) is 0 Å². The molecule has 2 aromatic carbocycles. The monoisotopic (exact) mass is 280 g/mol. The van der Waals surface area contributed by atoms with E-state index in [1.54, 1.807) is 12.1 Å². The van der Waals surface area contributed by atoms with Gasteiger partial charge in [-0.3, -0.25) is 0 Å². The van der Waals surface area contributed by atoms with Crippen LogP contribution in [0.25, 0.3) is 0 Å². The highest BCUT2D eigenvalue weighted by atomic mass is 35.5. The first-order valence-electron chi connectivity index (χ1n) is 5.46. The fraction of sp³-hybridized carbons (Fsp3) is 0.0714. The molecule has 2 aromatic rings. The Balaban J connectivity index is 2.10. The summed E-state index contributed by atoms with van der Waals surface area (Å²) in [6.45, 7) is 0.0830. The van der Waals surface area contributed by atoms with Crippen molar-refractivity contribution < 1.29 is 19.0 Å². The van der Waals surface area contributed by atoms with E-state index in [-0.39, 0.29) is 22.9 Å². The summed E-state index contributed by atoms with van der Waals surface area (Å²) in [5.41, 5.74) is 0.812. The lowest BCUT2D eigenvalue weighted by Gasteiger charge is -2.08. The second-order valence-electron chi connectivity index (χ2n) is 3.87. The number of aromatic carboxylic acids is 1. The fourth-order valence-electron chi connectivity index (χ4n) is 1.55. The molecule has 0 spiro atoms. The Hall–Kier alpha value is -2.07. The molecule has 0 aromatic heterocycles. The van der Waals surface area contributed by atoms with Crippen LogP contribution in [0.15, 0.2) is 42.5 Å². The lowest BCUT2D eigenvalue weighted by atomic mass is 10.1. The van der Waals surface area contributed by atoms with E-state index in [0.29, 0.717) is 5.56 Å². The predicted molar refractivity (Wildman–Crippen MR) is 69.1 cm³/mol. The third kappa shape index (κ3) is 3.45. The standard InChI is InChI=1S/C14H10ClFO3/c15-11-4-5-13(12(16)7-11)19-8-9-2-1-3-10(6-9)14(17)18/h1-7H,8H2,(H,17,18). The molecule has 2 rings (SSSR count). The van der Waals surface area contributed by atoms with Crippen LogP contribution in [0.3, 0.4) is 0 Å². The SMILES string of the molecule is O=C(O)c1cccc(COc2ccc(Cl)cc2F)c1. The molecule has 0 radical (unpaired) electrons. The second-order valence-corrected chi connectivity index (χ2v) is 4.31. The zero-order valence-corrected chi connectivity index (χ0v) is 10.5. The molecule has 5 heteroatoms. The molecular formula is C14H10ClFO3. The normalized spacial score (nSPS) is 10.2. The van der Waals surface area contributed by atoms with Gasteiger partial charge < -0.3 is 9.84 Å². The molecule has 0 saturated heterocycles. The van der Waals surface area contributed by atoms with E-state index < -0.39 is 11.8 Å². The molecule has 3 nitrogen and oxygen atoms in total. The quantitative estimate of drug-likeness (QED) is 0.927. The lowest BCUT2D eigenvalue weighted by molar-refractivity contribution is 0.0696. The van der Waals surface area contributed by atoms with Crippen LogP contribution in [-0.4, -0.2) is 11.1 Å². The topological polar surface area (TPSA) is 46.5 Å². The van der Waals surface area contributed by atoms with Gasteiger partial charge in [0.2, 0.25) is 0 Å². The predicted octanol–water partition coefficient (Wildman–Crippen LogP) is 3.76.